The first kappa shape index (κ1) is 17.7. The SMILES string of the molecule is CCC(C)c1ccc(-c2cccc3c2c2ccccc2n3-c2ccccc2)nc1. The molecule has 3 aromatic carbocycles. The molecule has 0 N–H and O–H groups in total. The Hall–Kier alpha value is -3.39. The van der Waals surface area contributed by atoms with Crippen LogP contribution in [0.25, 0.3) is 38.8 Å². The van der Waals surface area contributed by atoms with Crippen molar-refractivity contribution in [1.82, 2.24) is 9.55 Å². The molecule has 142 valence electrons. The minimum Gasteiger partial charge on any atom is -0.309 e. The minimum absolute atomic E-state index is 0.535. The van der Waals surface area contributed by atoms with Gasteiger partial charge in [0.15, 0.2) is 0 Å². The van der Waals surface area contributed by atoms with Crippen molar-refractivity contribution in [1.29, 1.82) is 0 Å². The van der Waals surface area contributed by atoms with Crippen molar-refractivity contribution in [2.24, 2.45) is 0 Å². The van der Waals surface area contributed by atoms with E-state index in [1.807, 2.05) is 6.20 Å². The quantitative estimate of drug-likeness (QED) is 0.320. The number of hydrogen-bond acceptors (Lipinski definition) is 1. The van der Waals surface area contributed by atoms with Crippen LogP contribution in [0.5, 0.6) is 0 Å². The van der Waals surface area contributed by atoms with E-state index in [9.17, 15) is 0 Å². The standard InChI is InChI=1S/C27H24N2/c1-3-19(2)20-16-17-24(28-18-20)22-13-9-15-26-27(22)23-12-7-8-14-25(23)29(26)21-10-5-4-6-11-21/h4-19H,3H2,1-2H3. The zero-order valence-corrected chi connectivity index (χ0v) is 16.8. The Labute approximate surface area is 171 Å². The summed E-state index contributed by atoms with van der Waals surface area (Å²) < 4.78 is 2.35. The van der Waals surface area contributed by atoms with Gasteiger partial charge in [-0.2, -0.15) is 0 Å². The molecule has 1 atom stereocenters. The predicted octanol–water partition coefficient (Wildman–Crippen LogP) is 7.36. The fourth-order valence-corrected chi connectivity index (χ4v) is 4.18. The molecule has 0 aliphatic heterocycles. The van der Waals surface area contributed by atoms with Crippen LogP contribution in [0.1, 0.15) is 31.7 Å². The summed E-state index contributed by atoms with van der Waals surface area (Å²) in [5.41, 5.74) is 7.12. The first-order valence-electron chi connectivity index (χ1n) is 10.3. The number of fused-ring (bicyclic) bond motifs is 3. The zero-order chi connectivity index (χ0) is 19.8. The van der Waals surface area contributed by atoms with Gasteiger partial charge in [-0.1, -0.05) is 68.4 Å². The molecule has 0 fully saturated rings. The summed E-state index contributed by atoms with van der Waals surface area (Å²) in [6.45, 7) is 4.47. The monoisotopic (exact) mass is 376 g/mol. The summed E-state index contributed by atoms with van der Waals surface area (Å²) in [7, 11) is 0. The van der Waals surface area contributed by atoms with Gasteiger partial charge in [0.05, 0.1) is 16.7 Å². The van der Waals surface area contributed by atoms with Gasteiger partial charge < -0.3 is 4.57 Å². The number of para-hydroxylation sites is 2. The smallest absolute Gasteiger partial charge is 0.0709 e. The molecule has 0 radical (unpaired) electrons. The van der Waals surface area contributed by atoms with E-state index in [-0.39, 0.29) is 0 Å². The van der Waals surface area contributed by atoms with Gasteiger partial charge in [-0.3, -0.25) is 4.98 Å². The third-order valence-electron chi connectivity index (χ3n) is 5.96. The van der Waals surface area contributed by atoms with Gasteiger partial charge in [0.25, 0.3) is 0 Å². The molecular weight excluding hydrogens is 352 g/mol. The largest absolute Gasteiger partial charge is 0.309 e. The van der Waals surface area contributed by atoms with Crippen LogP contribution >= 0.6 is 0 Å². The number of aromatic nitrogens is 2. The number of rotatable bonds is 4. The Morgan fingerprint density at radius 1 is 0.793 bits per heavy atom. The molecule has 2 heterocycles. The van der Waals surface area contributed by atoms with Crippen molar-refractivity contribution in [2.75, 3.05) is 0 Å². The van der Waals surface area contributed by atoms with Gasteiger partial charge in [-0.15, -0.1) is 0 Å². The van der Waals surface area contributed by atoms with Crippen LogP contribution in [0.15, 0.2) is 91.1 Å². The normalized spacial score (nSPS) is 12.5. The summed E-state index contributed by atoms with van der Waals surface area (Å²) in [5.74, 6) is 0.535. The van der Waals surface area contributed by atoms with E-state index in [0.29, 0.717) is 5.92 Å². The van der Waals surface area contributed by atoms with Gasteiger partial charge in [0.2, 0.25) is 0 Å². The summed E-state index contributed by atoms with van der Waals surface area (Å²) in [6.07, 6.45) is 3.17. The molecule has 1 unspecified atom stereocenters. The van der Waals surface area contributed by atoms with Gasteiger partial charge in [0.1, 0.15) is 0 Å². The fourth-order valence-electron chi connectivity index (χ4n) is 4.18. The number of nitrogens with zero attached hydrogens (tertiary/aromatic N) is 2. The molecule has 5 aromatic rings. The molecule has 0 spiro atoms. The van der Waals surface area contributed by atoms with Crippen molar-refractivity contribution in [3.63, 3.8) is 0 Å². The maximum absolute atomic E-state index is 4.85. The van der Waals surface area contributed by atoms with E-state index in [2.05, 4.69) is 103 Å². The average molecular weight is 377 g/mol. The highest BCUT2D eigenvalue weighted by atomic mass is 15.0. The van der Waals surface area contributed by atoms with E-state index in [4.69, 9.17) is 4.98 Å². The van der Waals surface area contributed by atoms with Crippen LogP contribution in [0.4, 0.5) is 0 Å². The second-order valence-electron chi connectivity index (χ2n) is 7.67. The number of hydrogen-bond donors (Lipinski definition) is 0. The molecule has 0 saturated heterocycles. The molecule has 0 aliphatic rings. The molecule has 2 heteroatoms. The summed E-state index contributed by atoms with van der Waals surface area (Å²) >= 11 is 0. The van der Waals surface area contributed by atoms with Gasteiger partial charge in [0, 0.05) is 28.2 Å². The molecule has 0 aliphatic carbocycles. The van der Waals surface area contributed by atoms with Crippen LogP contribution in [0.2, 0.25) is 0 Å². The highest BCUT2D eigenvalue weighted by Crippen LogP contribution is 2.37. The predicted molar refractivity (Wildman–Crippen MR) is 123 cm³/mol. The summed E-state index contributed by atoms with van der Waals surface area (Å²) in [4.78, 5) is 4.85. The van der Waals surface area contributed by atoms with Crippen LogP contribution in [-0.4, -0.2) is 9.55 Å². The maximum atomic E-state index is 4.85. The van der Waals surface area contributed by atoms with Crippen molar-refractivity contribution < 1.29 is 0 Å². The van der Waals surface area contributed by atoms with Crippen LogP contribution in [-0.2, 0) is 0 Å². The second kappa shape index (κ2) is 7.21. The highest BCUT2D eigenvalue weighted by Gasteiger charge is 2.16. The molecule has 0 saturated carbocycles. The van der Waals surface area contributed by atoms with Gasteiger partial charge in [-0.25, -0.2) is 0 Å². The lowest BCUT2D eigenvalue weighted by atomic mass is 9.98. The Bertz CT molecular complexity index is 1280. The first-order valence-corrected chi connectivity index (χ1v) is 10.3. The van der Waals surface area contributed by atoms with E-state index in [1.54, 1.807) is 0 Å². The molecule has 2 nitrogen and oxygen atoms in total. The lowest BCUT2D eigenvalue weighted by Crippen LogP contribution is -1.94. The molecule has 29 heavy (non-hydrogen) atoms. The first-order chi connectivity index (χ1) is 14.3. The molecule has 0 bridgehead atoms. The zero-order valence-electron chi connectivity index (χ0n) is 16.8. The molecule has 2 aromatic heterocycles. The minimum atomic E-state index is 0.535. The second-order valence-corrected chi connectivity index (χ2v) is 7.67. The van der Waals surface area contributed by atoms with Gasteiger partial charge in [-0.05, 0) is 48.2 Å². The Balaban J connectivity index is 1.79. The van der Waals surface area contributed by atoms with E-state index >= 15 is 0 Å². The topological polar surface area (TPSA) is 17.8 Å². The van der Waals surface area contributed by atoms with Crippen molar-refractivity contribution >= 4 is 21.8 Å². The fraction of sp³-hybridized carbons (Fsp3) is 0.148. The maximum Gasteiger partial charge on any atom is 0.0709 e. The van der Waals surface area contributed by atoms with Crippen LogP contribution < -0.4 is 0 Å². The van der Waals surface area contributed by atoms with Crippen LogP contribution in [0, 0.1) is 0 Å². The summed E-state index contributed by atoms with van der Waals surface area (Å²) in [6, 6.07) is 30.2. The average Bonchev–Trinajstić information content (AvgIpc) is 3.14. The molecule has 0 amide bonds. The van der Waals surface area contributed by atoms with Crippen LogP contribution in [0.3, 0.4) is 0 Å². The van der Waals surface area contributed by atoms with Crippen molar-refractivity contribution in [3.05, 3.63) is 96.7 Å². The van der Waals surface area contributed by atoms with Crippen molar-refractivity contribution in [3.8, 4) is 16.9 Å². The third-order valence-corrected chi connectivity index (χ3v) is 5.96. The highest BCUT2D eigenvalue weighted by molar-refractivity contribution is 6.15. The third kappa shape index (κ3) is 2.92. The lowest BCUT2D eigenvalue weighted by molar-refractivity contribution is 0.730. The Kier molecular flexibility index (Phi) is 4.40. The summed E-state index contributed by atoms with van der Waals surface area (Å²) in [5, 5.41) is 2.52. The number of pyridine rings is 1. The van der Waals surface area contributed by atoms with E-state index in [0.717, 1.165) is 12.1 Å². The Morgan fingerprint density at radius 3 is 2.31 bits per heavy atom. The van der Waals surface area contributed by atoms with E-state index < -0.39 is 0 Å². The number of benzene rings is 3. The molecular formula is C27H24N2. The Morgan fingerprint density at radius 2 is 1.55 bits per heavy atom. The van der Waals surface area contributed by atoms with Crippen molar-refractivity contribution in [2.45, 2.75) is 26.2 Å². The molecule has 5 rings (SSSR count). The lowest BCUT2D eigenvalue weighted by Gasteiger charge is -2.10. The van der Waals surface area contributed by atoms with Gasteiger partial charge >= 0.3 is 0 Å². The van der Waals surface area contributed by atoms with E-state index in [1.165, 1.54) is 38.6 Å².